The number of aromatic nitrogens is 5. The molecule has 3 aliphatic carbocycles. The highest BCUT2D eigenvalue weighted by Gasteiger charge is 2.57. The summed E-state index contributed by atoms with van der Waals surface area (Å²) in [6.07, 6.45) is 7.64. The summed E-state index contributed by atoms with van der Waals surface area (Å²) in [6, 6.07) is 3.84. The number of ether oxygens (including phenoxy) is 2. The molecule has 5 heterocycles. The van der Waals surface area contributed by atoms with Crippen LogP contribution in [0.4, 0.5) is 26.8 Å². The normalized spacial score (nSPS) is 26.0. The first-order valence-corrected chi connectivity index (χ1v) is 12.2. The molecule has 2 bridgehead atoms. The molecule has 3 aromatic rings. The van der Waals surface area contributed by atoms with Gasteiger partial charge in [0.25, 0.3) is 0 Å². The lowest BCUT2D eigenvalue weighted by atomic mass is 9.50. The Labute approximate surface area is 207 Å². The van der Waals surface area contributed by atoms with Crippen LogP contribution in [0.2, 0.25) is 0 Å². The van der Waals surface area contributed by atoms with E-state index >= 15 is 0 Å². The number of hydrogen-bond donors (Lipinski definition) is 4. The standard InChI is InChI=1S/C13H15N7O.C6H9NO2.C4H7FO/c1-2-15-18-10(1)16-13-17-12(19-5-7-21-8-6-19)9-11-14-3-4-20(11)13;8-5(9)7-6-1-4(2-6)3-6;5-4-1-2-6-3-4/h1-4,9H,5-8H2,(H2,15,16,17,18);4,7H,1-3H2,(H,8,9);4H,1-3H2. The maximum Gasteiger partial charge on any atom is 0.405 e. The van der Waals surface area contributed by atoms with Gasteiger partial charge < -0.3 is 30.1 Å². The summed E-state index contributed by atoms with van der Waals surface area (Å²) >= 11 is 0. The van der Waals surface area contributed by atoms with Gasteiger partial charge in [0, 0.05) is 56.2 Å². The van der Waals surface area contributed by atoms with E-state index in [1.807, 2.05) is 22.7 Å². The number of fused-ring (bicyclic) bond motifs is 1. The van der Waals surface area contributed by atoms with Crippen LogP contribution in [0.3, 0.4) is 0 Å². The number of alkyl halides is 1. The first kappa shape index (κ1) is 24.3. The Morgan fingerprint density at radius 3 is 2.53 bits per heavy atom. The number of halogens is 1. The molecule has 0 aromatic carbocycles. The van der Waals surface area contributed by atoms with Crippen LogP contribution in [0, 0.1) is 5.92 Å². The van der Waals surface area contributed by atoms with Gasteiger partial charge in [0.2, 0.25) is 5.95 Å². The molecule has 1 amide bonds. The SMILES string of the molecule is FC1CCOC1.O=C(O)NC12CC(C1)C2.c1cc(Nc2nc(N3CCOCC3)cc3nccn23)[nH]n1. The van der Waals surface area contributed by atoms with Crippen LogP contribution in [0.25, 0.3) is 5.65 Å². The number of imidazole rings is 1. The first-order chi connectivity index (χ1) is 17.5. The van der Waals surface area contributed by atoms with E-state index in [0.29, 0.717) is 25.6 Å². The molecule has 0 spiro atoms. The van der Waals surface area contributed by atoms with Crippen molar-refractivity contribution in [1.29, 1.82) is 0 Å². The zero-order valence-corrected chi connectivity index (χ0v) is 19.9. The molecule has 2 saturated heterocycles. The molecule has 5 fully saturated rings. The quantitative estimate of drug-likeness (QED) is 0.423. The van der Waals surface area contributed by atoms with Gasteiger partial charge >= 0.3 is 6.09 Å². The predicted molar refractivity (Wildman–Crippen MR) is 129 cm³/mol. The molecule has 8 rings (SSSR count). The zero-order valence-electron chi connectivity index (χ0n) is 19.9. The van der Waals surface area contributed by atoms with Crippen molar-refractivity contribution in [2.45, 2.75) is 37.4 Å². The number of H-pyrrole nitrogens is 1. The summed E-state index contributed by atoms with van der Waals surface area (Å²) < 4.78 is 23.8. The Balaban J connectivity index is 0.000000145. The van der Waals surface area contributed by atoms with Crippen LogP contribution in [0.1, 0.15) is 25.7 Å². The number of aromatic amines is 1. The van der Waals surface area contributed by atoms with E-state index in [2.05, 4.69) is 35.5 Å². The van der Waals surface area contributed by atoms with Gasteiger partial charge in [0.05, 0.1) is 26.0 Å². The van der Waals surface area contributed by atoms with Crippen LogP contribution >= 0.6 is 0 Å². The van der Waals surface area contributed by atoms with Gasteiger partial charge in [-0.25, -0.2) is 14.2 Å². The fourth-order valence-corrected chi connectivity index (χ4v) is 4.76. The topological polar surface area (TPSA) is 142 Å². The van der Waals surface area contributed by atoms with Gasteiger partial charge in [0.1, 0.15) is 23.5 Å². The Bertz CT molecular complexity index is 1130. The van der Waals surface area contributed by atoms with Crippen LogP contribution in [-0.4, -0.2) is 87.0 Å². The molecular weight excluding hydrogens is 471 g/mol. The van der Waals surface area contributed by atoms with E-state index in [9.17, 15) is 9.18 Å². The van der Waals surface area contributed by atoms with Crippen molar-refractivity contribution >= 4 is 29.3 Å². The van der Waals surface area contributed by atoms with Crippen molar-refractivity contribution in [2.75, 3.05) is 49.7 Å². The van der Waals surface area contributed by atoms with Crippen molar-refractivity contribution in [1.82, 2.24) is 29.9 Å². The third-order valence-electron chi connectivity index (χ3n) is 6.74. The number of nitrogens with one attached hydrogen (secondary N) is 3. The number of rotatable bonds is 4. The van der Waals surface area contributed by atoms with E-state index in [1.165, 1.54) is 0 Å². The van der Waals surface area contributed by atoms with Gasteiger partial charge in [-0.3, -0.25) is 9.50 Å². The highest BCUT2D eigenvalue weighted by Crippen LogP contribution is 2.56. The maximum atomic E-state index is 11.8. The molecular formula is C23H31FN8O4. The molecule has 1 atom stereocenters. The Morgan fingerprint density at radius 1 is 1.19 bits per heavy atom. The second kappa shape index (κ2) is 10.7. The number of morpholine rings is 1. The summed E-state index contributed by atoms with van der Waals surface area (Å²) in [5.74, 6) is 3.24. The molecule has 36 heavy (non-hydrogen) atoms. The zero-order chi connectivity index (χ0) is 25.0. The molecule has 13 heteroatoms. The van der Waals surface area contributed by atoms with E-state index in [0.717, 1.165) is 68.8 Å². The van der Waals surface area contributed by atoms with Gasteiger partial charge in [-0.05, 0) is 25.2 Å². The number of amides is 1. The molecule has 194 valence electrons. The molecule has 12 nitrogen and oxygen atoms in total. The van der Waals surface area contributed by atoms with Crippen molar-refractivity contribution in [3.8, 4) is 0 Å². The second-order valence-corrected chi connectivity index (χ2v) is 9.44. The molecule has 3 saturated carbocycles. The van der Waals surface area contributed by atoms with E-state index in [-0.39, 0.29) is 5.54 Å². The first-order valence-electron chi connectivity index (χ1n) is 12.2. The third-order valence-corrected chi connectivity index (χ3v) is 6.74. The highest BCUT2D eigenvalue weighted by molar-refractivity contribution is 5.66. The highest BCUT2D eigenvalue weighted by atomic mass is 19.1. The minimum atomic E-state index is -0.867. The lowest BCUT2D eigenvalue weighted by Gasteiger charge is -2.61. The summed E-state index contributed by atoms with van der Waals surface area (Å²) in [5, 5.41) is 20.9. The smallest absolute Gasteiger partial charge is 0.405 e. The van der Waals surface area contributed by atoms with Crippen LogP contribution < -0.4 is 15.5 Å². The van der Waals surface area contributed by atoms with Crippen molar-refractivity contribution in [2.24, 2.45) is 5.92 Å². The molecule has 5 aliphatic rings. The molecule has 4 N–H and O–H groups in total. The number of hydrogen-bond acceptors (Lipinski definition) is 8. The molecule has 3 aromatic heterocycles. The average molecular weight is 503 g/mol. The van der Waals surface area contributed by atoms with Crippen molar-refractivity contribution in [3.63, 3.8) is 0 Å². The van der Waals surface area contributed by atoms with Gasteiger partial charge in [-0.2, -0.15) is 10.1 Å². The lowest BCUT2D eigenvalue weighted by Crippen LogP contribution is -2.67. The lowest BCUT2D eigenvalue weighted by molar-refractivity contribution is -0.0448. The number of anilines is 3. The number of nitrogens with zero attached hydrogens (tertiary/aromatic N) is 5. The predicted octanol–water partition coefficient (Wildman–Crippen LogP) is 2.58. The monoisotopic (exact) mass is 502 g/mol. The molecule has 1 unspecified atom stereocenters. The van der Waals surface area contributed by atoms with Crippen LogP contribution in [0.5, 0.6) is 0 Å². The van der Waals surface area contributed by atoms with Crippen LogP contribution in [0.15, 0.2) is 30.7 Å². The fourth-order valence-electron chi connectivity index (χ4n) is 4.76. The number of carbonyl (C=O) groups is 1. The van der Waals surface area contributed by atoms with Crippen molar-refractivity contribution < 1.29 is 23.8 Å². The summed E-state index contributed by atoms with van der Waals surface area (Å²) in [5.41, 5.74) is 0.893. The second-order valence-electron chi connectivity index (χ2n) is 9.44. The van der Waals surface area contributed by atoms with Gasteiger partial charge in [0.15, 0.2) is 0 Å². The summed E-state index contributed by atoms with van der Waals surface area (Å²) in [7, 11) is 0. The molecule has 0 radical (unpaired) electrons. The fraction of sp³-hybridized carbons (Fsp3) is 0.565. The molecule has 2 aliphatic heterocycles. The summed E-state index contributed by atoms with van der Waals surface area (Å²) in [6.45, 7) is 4.07. The van der Waals surface area contributed by atoms with Crippen molar-refractivity contribution in [3.05, 3.63) is 30.7 Å². The third kappa shape index (κ3) is 5.68. The Morgan fingerprint density at radius 2 is 2.00 bits per heavy atom. The minimum Gasteiger partial charge on any atom is -0.465 e. The van der Waals surface area contributed by atoms with Crippen LogP contribution in [-0.2, 0) is 9.47 Å². The average Bonchev–Trinajstić information content (AvgIpc) is 3.60. The largest absolute Gasteiger partial charge is 0.465 e. The Kier molecular flexibility index (Phi) is 7.18. The van der Waals surface area contributed by atoms with Gasteiger partial charge in [-0.1, -0.05) is 0 Å². The summed E-state index contributed by atoms with van der Waals surface area (Å²) in [4.78, 5) is 21.4. The van der Waals surface area contributed by atoms with E-state index in [4.69, 9.17) is 14.8 Å². The Hall–Kier alpha value is -3.45. The maximum absolute atomic E-state index is 11.8. The van der Waals surface area contributed by atoms with E-state index < -0.39 is 12.3 Å². The minimum absolute atomic E-state index is 0.0382. The van der Waals surface area contributed by atoms with E-state index in [1.54, 1.807) is 12.4 Å². The number of carboxylic acid groups (broad SMARTS) is 1. The van der Waals surface area contributed by atoms with Gasteiger partial charge in [-0.15, -0.1) is 0 Å².